The molecule has 0 aliphatic heterocycles. The SMILES string of the molecule is ClCCCNc1ncc(Cl)cn1. The highest BCUT2D eigenvalue weighted by Gasteiger charge is 1.93. The third-order valence-electron chi connectivity index (χ3n) is 1.21. The van der Waals surface area contributed by atoms with Crippen LogP contribution in [0.15, 0.2) is 12.4 Å². The molecule has 1 heterocycles. The minimum absolute atomic E-state index is 0.540. The standard InChI is InChI=1S/C7H9Cl2N3/c8-2-1-3-10-7-11-4-6(9)5-12-7/h4-5H,1-3H2,(H,10,11,12). The molecule has 0 saturated carbocycles. The fourth-order valence-electron chi connectivity index (χ4n) is 0.671. The summed E-state index contributed by atoms with van der Waals surface area (Å²) in [5, 5.41) is 3.55. The van der Waals surface area contributed by atoms with Crippen molar-refractivity contribution in [2.75, 3.05) is 17.7 Å². The average Bonchev–Trinajstić information content (AvgIpc) is 2.09. The van der Waals surface area contributed by atoms with E-state index in [1.807, 2.05) is 0 Å². The minimum atomic E-state index is 0.540. The van der Waals surface area contributed by atoms with Crippen LogP contribution in [0.3, 0.4) is 0 Å². The first-order chi connectivity index (χ1) is 5.83. The van der Waals surface area contributed by atoms with Gasteiger partial charge in [-0.05, 0) is 6.42 Å². The van der Waals surface area contributed by atoms with E-state index in [1.54, 1.807) is 12.4 Å². The molecule has 0 radical (unpaired) electrons. The molecule has 0 unspecified atom stereocenters. The first-order valence-corrected chi connectivity index (χ1v) is 4.51. The Labute approximate surface area is 81.1 Å². The monoisotopic (exact) mass is 205 g/mol. The fourth-order valence-corrected chi connectivity index (χ4v) is 0.902. The summed E-state index contributed by atoms with van der Waals surface area (Å²) in [5.41, 5.74) is 0. The molecule has 0 aromatic carbocycles. The maximum absolute atomic E-state index is 5.60. The molecule has 0 fully saturated rings. The molecule has 0 spiro atoms. The topological polar surface area (TPSA) is 37.8 Å². The van der Waals surface area contributed by atoms with Gasteiger partial charge in [0.05, 0.1) is 17.4 Å². The number of hydrogen-bond donors (Lipinski definition) is 1. The van der Waals surface area contributed by atoms with Crippen molar-refractivity contribution in [3.05, 3.63) is 17.4 Å². The molecule has 12 heavy (non-hydrogen) atoms. The van der Waals surface area contributed by atoms with Crippen LogP contribution in [0, 0.1) is 0 Å². The highest BCUT2D eigenvalue weighted by Crippen LogP contribution is 2.05. The quantitative estimate of drug-likeness (QED) is 0.605. The van der Waals surface area contributed by atoms with Crippen molar-refractivity contribution in [1.29, 1.82) is 0 Å². The molecule has 0 saturated heterocycles. The molecule has 1 aromatic heterocycles. The van der Waals surface area contributed by atoms with Crippen LogP contribution in [0.2, 0.25) is 5.02 Å². The lowest BCUT2D eigenvalue weighted by atomic mass is 10.5. The molecule has 5 heteroatoms. The van der Waals surface area contributed by atoms with Crippen molar-refractivity contribution in [3.63, 3.8) is 0 Å². The Balaban J connectivity index is 2.37. The fraction of sp³-hybridized carbons (Fsp3) is 0.429. The van der Waals surface area contributed by atoms with E-state index in [2.05, 4.69) is 15.3 Å². The van der Waals surface area contributed by atoms with Gasteiger partial charge in [-0.1, -0.05) is 11.6 Å². The van der Waals surface area contributed by atoms with Crippen molar-refractivity contribution >= 4 is 29.2 Å². The predicted octanol–water partition coefficient (Wildman–Crippen LogP) is 2.17. The highest BCUT2D eigenvalue weighted by molar-refractivity contribution is 6.30. The second kappa shape index (κ2) is 5.17. The third kappa shape index (κ3) is 3.24. The lowest BCUT2D eigenvalue weighted by Gasteiger charge is -2.01. The maximum Gasteiger partial charge on any atom is 0.222 e. The van der Waals surface area contributed by atoms with Gasteiger partial charge in [-0.25, -0.2) is 9.97 Å². The van der Waals surface area contributed by atoms with Crippen molar-refractivity contribution in [1.82, 2.24) is 9.97 Å². The molecular weight excluding hydrogens is 197 g/mol. The van der Waals surface area contributed by atoms with Gasteiger partial charge in [0, 0.05) is 12.4 Å². The Bertz CT molecular complexity index is 225. The van der Waals surface area contributed by atoms with Gasteiger partial charge in [0.15, 0.2) is 0 Å². The van der Waals surface area contributed by atoms with Crippen LogP contribution in [-0.2, 0) is 0 Å². The summed E-state index contributed by atoms with van der Waals surface area (Å²) in [4.78, 5) is 7.91. The summed E-state index contributed by atoms with van der Waals surface area (Å²) in [6.07, 6.45) is 4.00. The zero-order valence-electron chi connectivity index (χ0n) is 6.43. The Morgan fingerprint density at radius 2 is 2.00 bits per heavy atom. The molecular formula is C7H9Cl2N3. The van der Waals surface area contributed by atoms with Crippen LogP contribution in [0.1, 0.15) is 6.42 Å². The number of hydrogen-bond acceptors (Lipinski definition) is 3. The molecule has 0 aliphatic rings. The zero-order chi connectivity index (χ0) is 8.81. The molecule has 0 atom stereocenters. The minimum Gasteiger partial charge on any atom is -0.354 e. The summed E-state index contributed by atoms with van der Waals surface area (Å²) in [7, 11) is 0. The van der Waals surface area contributed by atoms with Crippen molar-refractivity contribution in [2.24, 2.45) is 0 Å². The van der Waals surface area contributed by atoms with Crippen LogP contribution >= 0.6 is 23.2 Å². The molecule has 0 bridgehead atoms. The predicted molar refractivity (Wildman–Crippen MR) is 50.9 cm³/mol. The van der Waals surface area contributed by atoms with Gasteiger partial charge in [0.1, 0.15) is 0 Å². The number of nitrogens with one attached hydrogen (secondary N) is 1. The second-order valence-electron chi connectivity index (χ2n) is 2.19. The Hall–Kier alpha value is -0.540. The van der Waals surface area contributed by atoms with Gasteiger partial charge in [-0.3, -0.25) is 0 Å². The highest BCUT2D eigenvalue weighted by atomic mass is 35.5. The smallest absolute Gasteiger partial charge is 0.222 e. The van der Waals surface area contributed by atoms with Crippen molar-refractivity contribution in [2.45, 2.75) is 6.42 Å². The molecule has 3 nitrogen and oxygen atoms in total. The summed E-state index contributed by atoms with van der Waals surface area (Å²) >= 11 is 11.1. The van der Waals surface area contributed by atoms with E-state index in [4.69, 9.17) is 23.2 Å². The summed E-state index contributed by atoms with van der Waals surface area (Å²) in [6, 6.07) is 0. The van der Waals surface area contributed by atoms with Gasteiger partial charge in [0.2, 0.25) is 5.95 Å². The molecule has 66 valence electrons. The third-order valence-corrected chi connectivity index (χ3v) is 1.68. The van der Waals surface area contributed by atoms with E-state index in [9.17, 15) is 0 Å². The number of anilines is 1. The molecule has 1 N–H and O–H groups in total. The largest absolute Gasteiger partial charge is 0.354 e. The van der Waals surface area contributed by atoms with E-state index in [1.165, 1.54) is 0 Å². The average molecular weight is 206 g/mol. The number of alkyl halides is 1. The lowest BCUT2D eigenvalue weighted by Crippen LogP contribution is -2.05. The Kier molecular flexibility index (Phi) is 4.11. The van der Waals surface area contributed by atoms with Crippen molar-refractivity contribution in [3.8, 4) is 0 Å². The number of aromatic nitrogens is 2. The second-order valence-corrected chi connectivity index (χ2v) is 3.01. The van der Waals surface area contributed by atoms with E-state index >= 15 is 0 Å². The van der Waals surface area contributed by atoms with E-state index in [0.29, 0.717) is 16.9 Å². The Morgan fingerprint density at radius 3 is 2.58 bits per heavy atom. The molecule has 0 aliphatic carbocycles. The summed E-state index contributed by atoms with van der Waals surface area (Å²) in [5.74, 6) is 1.23. The van der Waals surface area contributed by atoms with Gasteiger partial charge < -0.3 is 5.32 Å². The van der Waals surface area contributed by atoms with Crippen molar-refractivity contribution < 1.29 is 0 Å². The van der Waals surface area contributed by atoms with Gasteiger partial charge in [-0.15, -0.1) is 11.6 Å². The summed E-state index contributed by atoms with van der Waals surface area (Å²) < 4.78 is 0. The van der Waals surface area contributed by atoms with Crippen LogP contribution in [0.25, 0.3) is 0 Å². The molecule has 0 amide bonds. The van der Waals surface area contributed by atoms with Crippen LogP contribution < -0.4 is 5.32 Å². The van der Waals surface area contributed by atoms with Crippen LogP contribution in [-0.4, -0.2) is 22.4 Å². The maximum atomic E-state index is 5.60. The van der Waals surface area contributed by atoms with Gasteiger partial charge >= 0.3 is 0 Å². The van der Waals surface area contributed by atoms with Crippen LogP contribution in [0.4, 0.5) is 5.95 Å². The van der Waals surface area contributed by atoms with E-state index < -0.39 is 0 Å². The zero-order valence-corrected chi connectivity index (χ0v) is 7.94. The first-order valence-electron chi connectivity index (χ1n) is 3.60. The number of rotatable bonds is 4. The van der Waals surface area contributed by atoms with E-state index in [0.717, 1.165) is 13.0 Å². The Morgan fingerprint density at radius 1 is 1.33 bits per heavy atom. The molecule has 1 aromatic rings. The molecule has 1 rings (SSSR count). The van der Waals surface area contributed by atoms with E-state index in [-0.39, 0.29) is 0 Å². The number of nitrogens with zero attached hydrogens (tertiary/aromatic N) is 2. The summed E-state index contributed by atoms with van der Waals surface area (Å²) in [6.45, 7) is 0.783. The van der Waals surface area contributed by atoms with Gasteiger partial charge in [0.25, 0.3) is 0 Å². The normalized spacial score (nSPS) is 9.83. The number of halogens is 2. The van der Waals surface area contributed by atoms with Crippen LogP contribution in [0.5, 0.6) is 0 Å². The first kappa shape index (κ1) is 9.55. The van der Waals surface area contributed by atoms with Gasteiger partial charge in [-0.2, -0.15) is 0 Å². The lowest BCUT2D eigenvalue weighted by molar-refractivity contribution is 0.958.